The molecule has 1 aromatic rings. The number of nitrogens with one attached hydrogen (secondary N) is 1. The highest BCUT2D eigenvalue weighted by atomic mass is 14.8. The van der Waals surface area contributed by atoms with Gasteiger partial charge in [-0.25, -0.2) is 0 Å². The van der Waals surface area contributed by atoms with Gasteiger partial charge in [0.05, 0.1) is 5.69 Å². The van der Waals surface area contributed by atoms with Crippen molar-refractivity contribution in [2.24, 2.45) is 0 Å². The quantitative estimate of drug-likeness (QED) is 0.776. The molecule has 1 aromatic heterocycles. The molecule has 0 aliphatic rings. The molecular formula is C12H20N2. The summed E-state index contributed by atoms with van der Waals surface area (Å²) in [7, 11) is 1.95. The molecule has 0 fully saturated rings. The maximum absolute atomic E-state index is 4.31. The molecule has 0 saturated carbocycles. The van der Waals surface area contributed by atoms with E-state index in [0.29, 0.717) is 5.92 Å². The van der Waals surface area contributed by atoms with Gasteiger partial charge in [-0.15, -0.1) is 0 Å². The highest BCUT2D eigenvalue weighted by Crippen LogP contribution is 2.20. The molecule has 0 saturated heterocycles. The van der Waals surface area contributed by atoms with Crippen molar-refractivity contribution in [3.8, 4) is 0 Å². The monoisotopic (exact) mass is 192 g/mol. The Hall–Kier alpha value is -0.890. The molecule has 1 rings (SSSR count). The van der Waals surface area contributed by atoms with Crippen molar-refractivity contribution in [2.45, 2.75) is 39.2 Å². The number of rotatable bonds is 5. The lowest BCUT2D eigenvalue weighted by Gasteiger charge is -2.11. The summed E-state index contributed by atoms with van der Waals surface area (Å²) < 4.78 is 0. The molecule has 1 unspecified atom stereocenters. The maximum atomic E-state index is 4.31. The van der Waals surface area contributed by atoms with Crippen molar-refractivity contribution >= 4 is 0 Å². The Morgan fingerprint density at radius 1 is 1.50 bits per heavy atom. The molecule has 0 aliphatic heterocycles. The van der Waals surface area contributed by atoms with Crippen LogP contribution in [0.25, 0.3) is 0 Å². The van der Waals surface area contributed by atoms with Gasteiger partial charge in [0.1, 0.15) is 0 Å². The third kappa shape index (κ3) is 3.11. The van der Waals surface area contributed by atoms with Gasteiger partial charge in [0, 0.05) is 12.7 Å². The van der Waals surface area contributed by atoms with Gasteiger partial charge in [-0.3, -0.25) is 4.98 Å². The van der Waals surface area contributed by atoms with Crippen LogP contribution in [-0.2, 0) is 6.54 Å². The smallest absolute Gasteiger partial charge is 0.0544 e. The minimum atomic E-state index is 0.651. The van der Waals surface area contributed by atoms with E-state index in [-0.39, 0.29) is 0 Å². The Morgan fingerprint density at radius 2 is 2.29 bits per heavy atom. The third-order valence-corrected chi connectivity index (χ3v) is 2.49. The van der Waals surface area contributed by atoms with E-state index < -0.39 is 0 Å². The van der Waals surface area contributed by atoms with Gasteiger partial charge < -0.3 is 5.32 Å². The average molecular weight is 192 g/mol. The maximum Gasteiger partial charge on any atom is 0.0544 e. The first-order chi connectivity index (χ1) is 6.77. The lowest BCUT2D eigenvalue weighted by atomic mass is 9.97. The molecule has 78 valence electrons. The van der Waals surface area contributed by atoms with E-state index in [1.54, 1.807) is 0 Å². The summed E-state index contributed by atoms with van der Waals surface area (Å²) in [6, 6.07) is 4.33. The first-order valence-electron chi connectivity index (χ1n) is 5.37. The van der Waals surface area contributed by atoms with Crippen molar-refractivity contribution in [2.75, 3.05) is 7.05 Å². The molecule has 1 N–H and O–H groups in total. The topological polar surface area (TPSA) is 24.9 Å². The van der Waals surface area contributed by atoms with Gasteiger partial charge in [0.2, 0.25) is 0 Å². The van der Waals surface area contributed by atoms with Crippen LogP contribution < -0.4 is 5.32 Å². The summed E-state index contributed by atoms with van der Waals surface area (Å²) in [5, 5.41) is 3.12. The molecule has 0 spiro atoms. The second-order valence-electron chi connectivity index (χ2n) is 3.80. The summed E-state index contributed by atoms with van der Waals surface area (Å²) in [5.74, 6) is 0.651. The Kier molecular flexibility index (Phi) is 4.60. The summed E-state index contributed by atoms with van der Waals surface area (Å²) in [4.78, 5) is 4.31. The van der Waals surface area contributed by atoms with E-state index in [1.807, 2.05) is 13.2 Å². The Bertz CT molecular complexity index is 271. The van der Waals surface area contributed by atoms with Crippen LogP contribution >= 0.6 is 0 Å². The fourth-order valence-electron chi connectivity index (χ4n) is 1.68. The Balaban J connectivity index is 2.71. The molecular weight excluding hydrogens is 172 g/mol. The van der Waals surface area contributed by atoms with Gasteiger partial charge in [-0.1, -0.05) is 20.3 Å². The Morgan fingerprint density at radius 3 is 2.93 bits per heavy atom. The zero-order chi connectivity index (χ0) is 10.4. The van der Waals surface area contributed by atoms with E-state index in [4.69, 9.17) is 0 Å². The van der Waals surface area contributed by atoms with E-state index >= 15 is 0 Å². The zero-order valence-electron chi connectivity index (χ0n) is 9.38. The first-order valence-corrected chi connectivity index (χ1v) is 5.37. The molecule has 0 bridgehead atoms. The number of aromatic nitrogens is 1. The second kappa shape index (κ2) is 5.76. The summed E-state index contributed by atoms with van der Waals surface area (Å²) >= 11 is 0. The van der Waals surface area contributed by atoms with Crippen LogP contribution in [0.15, 0.2) is 18.3 Å². The van der Waals surface area contributed by atoms with E-state index in [0.717, 1.165) is 12.2 Å². The SMILES string of the molecule is CCCC(C)c1ccnc(CNC)c1. The number of nitrogens with zero attached hydrogens (tertiary/aromatic N) is 1. The standard InChI is InChI=1S/C12H20N2/c1-4-5-10(2)11-6-7-14-12(8-11)9-13-3/h6-8,10,13H,4-5,9H2,1-3H3. The zero-order valence-corrected chi connectivity index (χ0v) is 9.38. The van der Waals surface area contributed by atoms with Gasteiger partial charge in [-0.2, -0.15) is 0 Å². The number of pyridine rings is 1. The molecule has 14 heavy (non-hydrogen) atoms. The van der Waals surface area contributed by atoms with E-state index in [1.165, 1.54) is 18.4 Å². The Labute approximate surface area is 86.8 Å². The van der Waals surface area contributed by atoms with Crippen molar-refractivity contribution in [1.29, 1.82) is 0 Å². The normalized spacial score (nSPS) is 12.8. The molecule has 1 heterocycles. The fourth-order valence-corrected chi connectivity index (χ4v) is 1.68. The first kappa shape index (κ1) is 11.2. The minimum Gasteiger partial charge on any atom is -0.314 e. The molecule has 2 nitrogen and oxygen atoms in total. The van der Waals surface area contributed by atoms with Gasteiger partial charge in [0.15, 0.2) is 0 Å². The number of hydrogen-bond donors (Lipinski definition) is 1. The van der Waals surface area contributed by atoms with Crippen LogP contribution in [0, 0.1) is 0 Å². The van der Waals surface area contributed by atoms with Gasteiger partial charge in [0.25, 0.3) is 0 Å². The van der Waals surface area contributed by atoms with Crippen molar-refractivity contribution in [1.82, 2.24) is 10.3 Å². The molecule has 0 radical (unpaired) electrons. The molecule has 0 aromatic carbocycles. The molecule has 1 atom stereocenters. The molecule has 0 amide bonds. The van der Waals surface area contributed by atoms with Crippen LogP contribution in [0.1, 0.15) is 43.9 Å². The van der Waals surface area contributed by atoms with E-state index in [2.05, 4.69) is 36.3 Å². The summed E-state index contributed by atoms with van der Waals surface area (Å²) in [6.07, 6.45) is 4.40. The highest BCUT2D eigenvalue weighted by molar-refractivity contribution is 5.20. The van der Waals surface area contributed by atoms with Crippen LogP contribution in [0.3, 0.4) is 0 Å². The van der Waals surface area contributed by atoms with Crippen molar-refractivity contribution in [3.63, 3.8) is 0 Å². The minimum absolute atomic E-state index is 0.651. The summed E-state index contributed by atoms with van der Waals surface area (Å²) in [5.41, 5.74) is 2.54. The number of hydrogen-bond acceptors (Lipinski definition) is 2. The van der Waals surface area contributed by atoms with Gasteiger partial charge in [-0.05, 0) is 37.1 Å². The average Bonchev–Trinajstić information content (AvgIpc) is 2.19. The van der Waals surface area contributed by atoms with Crippen molar-refractivity contribution < 1.29 is 0 Å². The van der Waals surface area contributed by atoms with Gasteiger partial charge >= 0.3 is 0 Å². The van der Waals surface area contributed by atoms with Crippen LogP contribution in [0.5, 0.6) is 0 Å². The fraction of sp³-hybridized carbons (Fsp3) is 0.583. The van der Waals surface area contributed by atoms with Crippen LogP contribution in [-0.4, -0.2) is 12.0 Å². The highest BCUT2D eigenvalue weighted by Gasteiger charge is 2.04. The van der Waals surface area contributed by atoms with Crippen molar-refractivity contribution in [3.05, 3.63) is 29.6 Å². The van der Waals surface area contributed by atoms with E-state index in [9.17, 15) is 0 Å². The molecule has 0 aliphatic carbocycles. The van der Waals surface area contributed by atoms with Crippen LogP contribution in [0.2, 0.25) is 0 Å². The summed E-state index contributed by atoms with van der Waals surface area (Å²) in [6.45, 7) is 5.36. The lowest BCUT2D eigenvalue weighted by molar-refractivity contribution is 0.661. The van der Waals surface area contributed by atoms with Crippen LogP contribution in [0.4, 0.5) is 0 Å². The third-order valence-electron chi connectivity index (χ3n) is 2.49. The lowest BCUT2D eigenvalue weighted by Crippen LogP contribution is -2.07. The predicted molar refractivity (Wildman–Crippen MR) is 60.3 cm³/mol. The predicted octanol–water partition coefficient (Wildman–Crippen LogP) is 2.70. The molecule has 2 heteroatoms. The largest absolute Gasteiger partial charge is 0.314 e. The second-order valence-corrected chi connectivity index (χ2v) is 3.80.